The van der Waals surface area contributed by atoms with Gasteiger partial charge in [0.1, 0.15) is 66.9 Å². The third-order valence-corrected chi connectivity index (χ3v) is 15.0. The molecule has 15 atom stereocenters. The number of carbonyl (C=O) groups excluding carboxylic acids is 7. The van der Waals surface area contributed by atoms with Gasteiger partial charge in [0.05, 0.1) is 58.7 Å². The summed E-state index contributed by atoms with van der Waals surface area (Å²) in [6.07, 6.45) is -16.6. The molecule has 7 amide bonds. The van der Waals surface area contributed by atoms with Crippen molar-refractivity contribution < 1.29 is 88.4 Å². The summed E-state index contributed by atoms with van der Waals surface area (Å²) in [7, 11) is 5.76. The van der Waals surface area contributed by atoms with E-state index in [0.717, 1.165) is 45.9 Å². The van der Waals surface area contributed by atoms with Crippen LogP contribution in [-0.2, 0) is 38.2 Å². The van der Waals surface area contributed by atoms with Gasteiger partial charge in [-0.15, -0.1) is 0 Å². The quantitative estimate of drug-likeness (QED) is 0.0617. The number of fused-ring (bicyclic) bond motifs is 5. The Balaban J connectivity index is 1.27. The fourth-order valence-corrected chi connectivity index (χ4v) is 10.7. The molecule has 3 heterocycles. The summed E-state index contributed by atoms with van der Waals surface area (Å²) in [6, 6.07) is 8.34. The standard InChI is InChI=1S/C55H74N8O17/c1-27-24-62-44(45(27)69)51(75)60-52(79-21-11-20-63(4,5)6)40(68)23-38(56-55(78)80-26-37-35-14-9-7-12-33(35)34-13-8-10-15-36(34)37)48(72)57-41(28(2)64)53(76)61-25-32(67)22-39(61)49(73)59-43(50(74)58-42(29(3)65)54(62)77)47(71)46(70)30-16-18-31(66)19-17-30/h7-10,12-19,27-29,32,37-47,52,64-65,67-71H,11,20-26H2,1-6H3,(H5-,56,57,58,59,60,66,72,73,74,75,78)/p+1/t27-,28+,29+,32+,38-,39-,40+,41-,42-,43-,44-,45-,46-,47-,52+/m0/s1. The van der Waals surface area contributed by atoms with Crippen LogP contribution in [0.1, 0.15) is 68.7 Å². The zero-order valence-electron chi connectivity index (χ0n) is 45.4. The molecular weight excluding hydrogens is 1040 g/mol. The number of benzene rings is 3. The lowest BCUT2D eigenvalue weighted by atomic mass is 9.96. The summed E-state index contributed by atoms with van der Waals surface area (Å²) in [4.78, 5) is 103. The van der Waals surface area contributed by atoms with Crippen molar-refractivity contribution in [2.75, 3.05) is 54.0 Å². The number of aliphatic hydroxyl groups is 7. The van der Waals surface area contributed by atoms with E-state index in [1.807, 2.05) is 69.7 Å². The van der Waals surface area contributed by atoms with Crippen molar-refractivity contribution in [3.8, 4) is 16.9 Å². The number of alkyl carbamates (subject to hydrolysis) is 1. The molecule has 80 heavy (non-hydrogen) atoms. The summed E-state index contributed by atoms with van der Waals surface area (Å²) >= 11 is 0. The van der Waals surface area contributed by atoms with Gasteiger partial charge in [-0.1, -0.05) is 67.6 Å². The molecule has 0 spiro atoms. The summed E-state index contributed by atoms with van der Waals surface area (Å²) in [6.45, 7) is 3.07. The second kappa shape index (κ2) is 25.8. The first-order valence-electron chi connectivity index (χ1n) is 26.7. The van der Waals surface area contributed by atoms with Crippen molar-refractivity contribution in [3.05, 3.63) is 89.5 Å². The van der Waals surface area contributed by atoms with E-state index >= 15 is 0 Å². The van der Waals surface area contributed by atoms with Crippen LogP contribution in [0.25, 0.3) is 11.1 Å². The predicted octanol–water partition coefficient (Wildman–Crippen LogP) is -2.60. The fraction of sp³-hybridized carbons (Fsp3) is 0.545. The van der Waals surface area contributed by atoms with Crippen LogP contribution in [0.15, 0.2) is 72.8 Å². The number of nitrogens with one attached hydrogen (secondary N) is 5. The highest BCUT2D eigenvalue weighted by Crippen LogP contribution is 2.44. The van der Waals surface area contributed by atoms with Crippen LogP contribution in [0.2, 0.25) is 0 Å². The first-order valence-corrected chi connectivity index (χ1v) is 26.7. The van der Waals surface area contributed by atoms with Gasteiger partial charge in [0.15, 0.2) is 6.23 Å². The van der Waals surface area contributed by atoms with Crippen LogP contribution >= 0.6 is 0 Å². The molecule has 25 heteroatoms. The van der Waals surface area contributed by atoms with Gasteiger partial charge in [0.25, 0.3) is 0 Å². The number of rotatable bonds is 13. The molecule has 25 nitrogen and oxygen atoms in total. The molecule has 0 aromatic heterocycles. The molecule has 1 aliphatic carbocycles. The summed E-state index contributed by atoms with van der Waals surface area (Å²) in [5.41, 5.74) is 3.54. The summed E-state index contributed by atoms with van der Waals surface area (Å²) < 4.78 is 12.4. The van der Waals surface area contributed by atoms with E-state index in [1.165, 1.54) is 31.2 Å². The number of aliphatic hydroxyl groups excluding tert-OH is 7. The zero-order valence-corrected chi connectivity index (χ0v) is 45.4. The smallest absolute Gasteiger partial charge is 0.407 e. The van der Waals surface area contributed by atoms with Crippen LogP contribution in [-0.4, -0.2) is 230 Å². The topological polar surface area (TPSA) is 366 Å². The Bertz CT molecular complexity index is 2680. The number of aromatic hydroxyl groups is 1. The number of hydrogen-bond acceptors (Lipinski definition) is 17. The zero-order chi connectivity index (χ0) is 58.5. The highest BCUT2D eigenvalue weighted by molar-refractivity contribution is 5.98. The van der Waals surface area contributed by atoms with E-state index in [2.05, 4.69) is 26.6 Å². The molecule has 7 rings (SSSR count). The highest BCUT2D eigenvalue weighted by Gasteiger charge is 2.50. The van der Waals surface area contributed by atoms with Gasteiger partial charge in [-0.3, -0.25) is 28.8 Å². The maximum atomic E-state index is 14.7. The van der Waals surface area contributed by atoms with Crippen molar-refractivity contribution in [2.24, 2.45) is 5.92 Å². The van der Waals surface area contributed by atoms with Crippen molar-refractivity contribution >= 4 is 41.5 Å². The molecule has 0 radical (unpaired) electrons. The molecule has 0 unspecified atom stereocenters. The number of phenolic OH excluding ortho intramolecular Hbond substituents is 1. The Morgan fingerprint density at radius 1 is 0.713 bits per heavy atom. The first kappa shape index (κ1) is 60.8. The van der Waals surface area contributed by atoms with Crippen molar-refractivity contribution in [3.63, 3.8) is 0 Å². The largest absolute Gasteiger partial charge is 0.508 e. The van der Waals surface area contributed by atoms with Gasteiger partial charge < -0.3 is 91.2 Å². The van der Waals surface area contributed by atoms with Crippen molar-refractivity contribution in [1.82, 2.24) is 36.4 Å². The average molecular weight is 1120 g/mol. The number of amides is 7. The normalized spacial score (nSPS) is 28.8. The number of phenols is 1. The van der Waals surface area contributed by atoms with E-state index in [4.69, 9.17) is 9.47 Å². The van der Waals surface area contributed by atoms with Gasteiger partial charge in [0.2, 0.25) is 35.4 Å². The second-order valence-electron chi connectivity index (χ2n) is 22.3. The number of nitrogens with zero attached hydrogens (tertiary/aromatic N) is 3. The first-order chi connectivity index (χ1) is 37.8. The molecule has 4 aliphatic rings. The minimum absolute atomic E-state index is 0.0624. The molecule has 3 aliphatic heterocycles. The van der Waals surface area contributed by atoms with Gasteiger partial charge >= 0.3 is 6.09 Å². The number of ether oxygens (including phenoxy) is 2. The fourth-order valence-electron chi connectivity index (χ4n) is 10.7. The molecule has 0 bridgehead atoms. The van der Waals surface area contributed by atoms with Crippen molar-refractivity contribution in [2.45, 2.75) is 131 Å². The molecule has 13 N–H and O–H groups in total. The lowest BCUT2D eigenvalue weighted by Gasteiger charge is -2.34. The Kier molecular flexibility index (Phi) is 19.6. The van der Waals surface area contributed by atoms with Gasteiger partial charge in [-0.05, 0) is 53.8 Å². The molecule has 3 aromatic rings. The average Bonchev–Trinajstić information content (AvgIpc) is 4.13. The number of carbonyl (C=O) groups is 7. The van der Waals surface area contributed by atoms with Gasteiger partial charge in [-0.2, -0.15) is 0 Å². The van der Waals surface area contributed by atoms with Gasteiger partial charge in [0, 0.05) is 44.2 Å². The molecule has 3 aromatic carbocycles. The minimum atomic E-state index is -2.28. The Hall–Kier alpha value is -6.81. The SMILES string of the molecule is C[C@@H](O)[C@@H]1NC(=O)[C@H]([C@H](O)[C@@H](O)c2ccc(O)cc2)NC(=O)[C@@H]2C[C@@H](O)CN2C(=O)[C@H]([C@@H](C)O)NC(=O)[C@@H](NC(=O)OCC2c3ccccc3-c3ccccc32)C[C@@H](O)[C@@H](OCCC[N+](C)(C)C)NC(=O)[C@@H]2[C@@H](O)[C@@H](C)CN2C1=O. The second-order valence-corrected chi connectivity index (χ2v) is 22.3. The van der Waals surface area contributed by atoms with E-state index < -0.39 is 158 Å². The Labute approximate surface area is 462 Å². The van der Waals surface area contributed by atoms with Crippen LogP contribution < -0.4 is 26.6 Å². The van der Waals surface area contributed by atoms with Gasteiger partial charge in [-0.25, -0.2) is 4.79 Å². The monoisotopic (exact) mass is 1120 g/mol. The lowest BCUT2D eigenvalue weighted by molar-refractivity contribution is -0.870. The number of hydrogen-bond donors (Lipinski definition) is 13. The maximum Gasteiger partial charge on any atom is 0.407 e. The molecule has 436 valence electrons. The summed E-state index contributed by atoms with van der Waals surface area (Å²) in [5, 5.41) is 102. The van der Waals surface area contributed by atoms with Crippen LogP contribution in [0.3, 0.4) is 0 Å². The van der Waals surface area contributed by atoms with E-state index in [1.54, 1.807) is 0 Å². The van der Waals surface area contributed by atoms with E-state index in [9.17, 15) is 74.4 Å². The maximum absolute atomic E-state index is 14.7. The minimum Gasteiger partial charge on any atom is -0.508 e. The summed E-state index contributed by atoms with van der Waals surface area (Å²) in [5.74, 6) is -8.65. The third-order valence-electron chi connectivity index (χ3n) is 15.0. The lowest BCUT2D eigenvalue weighted by Crippen LogP contribution is -2.64. The molecular formula is C55H75N8O17+. The van der Waals surface area contributed by atoms with Crippen LogP contribution in [0, 0.1) is 5.92 Å². The van der Waals surface area contributed by atoms with Crippen LogP contribution in [0.5, 0.6) is 5.75 Å². The third kappa shape index (κ3) is 14.0. The molecule has 0 saturated carbocycles. The van der Waals surface area contributed by atoms with Crippen LogP contribution in [0.4, 0.5) is 4.79 Å². The highest BCUT2D eigenvalue weighted by atomic mass is 16.5. The predicted molar refractivity (Wildman–Crippen MR) is 283 cm³/mol. The Morgan fingerprint density at radius 2 is 1.27 bits per heavy atom. The molecule has 3 saturated heterocycles. The molecule has 3 fully saturated rings. The van der Waals surface area contributed by atoms with E-state index in [-0.39, 0.29) is 31.1 Å². The van der Waals surface area contributed by atoms with Crippen molar-refractivity contribution in [1.29, 1.82) is 0 Å². The number of quaternary nitrogens is 1. The Morgan fingerprint density at radius 3 is 1.86 bits per heavy atom. The van der Waals surface area contributed by atoms with E-state index in [0.29, 0.717) is 17.4 Å².